The molecule has 1 aliphatic rings. The molecule has 0 unspecified atom stereocenters. The van der Waals surface area contributed by atoms with Crippen LogP contribution in [-0.4, -0.2) is 35.8 Å². The fraction of sp³-hybridized carbons (Fsp3) is 0.440. The summed E-state index contributed by atoms with van der Waals surface area (Å²) < 4.78 is 0. The predicted molar refractivity (Wildman–Crippen MR) is 122 cm³/mol. The number of hydrogen-bond donors (Lipinski definition) is 1. The van der Waals surface area contributed by atoms with Gasteiger partial charge in [0.25, 0.3) is 0 Å². The van der Waals surface area contributed by atoms with Gasteiger partial charge in [-0.25, -0.2) is 0 Å². The van der Waals surface area contributed by atoms with Crippen LogP contribution in [0.4, 0.5) is 0 Å². The van der Waals surface area contributed by atoms with Gasteiger partial charge in [-0.15, -0.1) is 0 Å². The molecule has 0 spiro atoms. The van der Waals surface area contributed by atoms with Crippen LogP contribution in [0.3, 0.4) is 0 Å². The van der Waals surface area contributed by atoms with E-state index >= 15 is 0 Å². The monoisotopic (exact) mass is 426 g/mol. The highest BCUT2D eigenvalue weighted by Gasteiger charge is 2.42. The van der Waals surface area contributed by atoms with Gasteiger partial charge in [0.05, 0.1) is 0 Å². The first-order chi connectivity index (χ1) is 14.2. The first-order valence-corrected chi connectivity index (χ1v) is 10.9. The number of piperidine rings is 1. The van der Waals surface area contributed by atoms with E-state index in [0.717, 1.165) is 36.4 Å². The normalized spacial score (nSPS) is 16.6. The molecule has 30 heavy (non-hydrogen) atoms. The van der Waals surface area contributed by atoms with E-state index in [1.807, 2.05) is 42.5 Å². The van der Waals surface area contributed by atoms with Gasteiger partial charge in [-0.1, -0.05) is 54.1 Å². The van der Waals surface area contributed by atoms with E-state index < -0.39 is 5.41 Å². The Balaban J connectivity index is 1.69. The molecular weight excluding hydrogens is 396 g/mol. The molecule has 2 aromatic rings. The molecule has 1 aliphatic heterocycles. The molecule has 1 heterocycles. The van der Waals surface area contributed by atoms with Crippen molar-refractivity contribution < 1.29 is 9.59 Å². The molecule has 0 aliphatic carbocycles. The molecule has 160 valence electrons. The molecule has 0 radical (unpaired) electrons. The van der Waals surface area contributed by atoms with Crippen LogP contribution in [0.15, 0.2) is 54.6 Å². The Kier molecular flexibility index (Phi) is 6.99. The second-order valence-electron chi connectivity index (χ2n) is 9.08. The summed E-state index contributed by atoms with van der Waals surface area (Å²) >= 11 is 5.98. The number of imide groups is 1. The summed E-state index contributed by atoms with van der Waals surface area (Å²) in [6, 6.07) is 18.0. The molecule has 4 nitrogen and oxygen atoms in total. The van der Waals surface area contributed by atoms with Crippen molar-refractivity contribution >= 4 is 23.4 Å². The maximum atomic E-state index is 12.3. The summed E-state index contributed by atoms with van der Waals surface area (Å²) in [7, 11) is 2.14. The van der Waals surface area contributed by atoms with Gasteiger partial charge in [0.2, 0.25) is 11.8 Å². The molecule has 0 saturated carbocycles. The third-order valence-corrected chi connectivity index (χ3v) is 6.81. The van der Waals surface area contributed by atoms with E-state index in [9.17, 15) is 9.59 Å². The molecule has 0 bridgehead atoms. The number of halogens is 1. The summed E-state index contributed by atoms with van der Waals surface area (Å²) in [4.78, 5) is 26.9. The molecule has 2 amide bonds. The molecule has 0 atom stereocenters. The van der Waals surface area contributed by atoms with E-state index in [0.29, 0.717) is 12.8 Å². The van der Waals surface area contributed by atoms with Crippen molar-refractivity contribution in [2.24, 2.45) is 0 Å². The van der Waals surface area contributed by atoms with Crippen molar-refractivity contribution in [3.8, 4) is 0 Å². The molecule has 2 aromatic carbocycles. The van der Waals surface area contributed by atoms with E-state index in [1.54, 1.807) is 0 Å². The summed E-state index contributed by atoms with van der Waals surface area (Å²) in [5.41, 5.74) is 1.84. The Hall–Kier alpha value is -2.17. The number of likely N-dealkylation sites (N-methyl/N-ethyl adjacent to an activating group) is 1. The van der Waals surface area contributed by atoms with E-state index in [1.165, 1.54) is 5.56 Å². The largest absolute Gasteiger partial charge is 0.301 e. The minimum Gasteiger partial charge on any atom is -0.301 e. The summed E-state index contributed by atoms with van der Waals surface area (Å²) in [5.74, 6) is -0.354. The van der Waals surface area contributed by atoms with Crippen molar-refractivity contribution in [2.45, 2.75) is 56.9 Å². The van der Waals surface area contributed by atoms with Gasteiger partial charge in [-0.05, 0) is 63.4 Å². The maximum absolute atomic E-state index is 12.3. The van der Waals surface area contributed by atoms with Crippen molar-refractivity contribution in [1.29, 1.82) is 0 Å². The fourth-order valence-corrected chi connectivity index (χ4v) is 4.35. The van der Waals surface area contributed by atoms with Crippen LogP contribution in [0.5, 0.6) is 0 Å². The fourth-order valence-electron chi connectivity index (χ4n) is 4.22. The Bertz CT molecular complexity index is 862. The Morgan fingerprint density at radius 3 is 2.20 bits per heavy atom. The van der Waals surface area contributed by atoms with Crippen LogP contribution in [0.1, 0.15) is 50.7 Å². The average Bonchev–Trinajstić information content (AvgIpc) is 2.71. The van der Waals surface area contributed by atoms with Crippen LogP contribution in [-0.2, 0) is 21.4 Å². The molecule has 1 N–H and O–H groups in total. The summed E-state index contributed by atoms with van der Waals surface area (Å²) in [6.45, 7) is 5.39. The van der Waals surface area contributed by atoms with Crippen molar-refractivity contribution in [3.05, 3.63) is 70.7 Å². The lowest BCUT2D eigenvalue weighted by Gasteiger charge is -2.42. The van der Waals surface area contributed by atoms with Crippen LogP contribution in [0.2, 0.25) is 5.02 Å². The lowest BCUT2D eigenvalue weighted by Crippen LogP contribution is -2.49. The molecule has 5 heteroatoms. The zero-order valence-corrected chi connectivity index (χ0v) is 18.8. The highest BCUT2D eigenvalue weighted by atomic mass is 35.5. The minimum atomic E-state index is -0.436. The number of hydrogen-bond acceptors (Lipinski definition) is 3. The highest BCUT2D eigenvalue weighted by Crippen LogP contribution is 2.40. The van der Waals surface area contributed by atoms with Crippen molar-refractivity contribution in [1.82, 2.24) is 10.2 Å². The van der Waals surface area contributed by atoms with E-state index in [4.69, 9.17) is 11.6 Å². The van der Waals surface area contributed by atoms with Gasteiger partial charge in [0.15, 0.2) is 0 Å². The van der Waals surface area contributed by atoms with Gasteiger partial charge in [-0.2, -0.15) is 0 Å². The summed E-state index contributed by atoms with van der Waals surface area (Å²) in [5, 5.41) is 3.22. The SMILES string of the molecule is CN(CCc1ccc(Cl)cc1)C(C)(C)CCC1(c2ccccc2)CC(=O)NC(=O)C1. The second-order valence-corrected chi connectivity index (χ2v) is 9.52. The number of carbonyl (C=O) groups excluding carboxylic acids is 2. The topological polar surface area (TPSA) is 49.4 Å². The number of rotatable bonds is 8. The average molecular weight is 427 g/mol. The zero-order valence-electron chi connectivity index (χ0n) is 18.1. The molecule has 1 fully saturated rings. The highest BCUT2D eigenvalue weighted by molar-refractivity contribution is 6.30. The number of carbonyl (C=O) groups is 2. The molecule has 3 rings (SSSR count). The first kappa shape index (κ1) is 22.5. The molecular formula is C25H31ClN2O2. The van der Waals surface area contributed by atoms with Crippen molar-refractivity contribution in [3.63, 3.8) is 0 Å². The minimum absolute atomic E-state index is 0.0643. The van der Waals surface area contributed by atoms with Crippen LogP contribution in [0.25, 0.3) is 0 Å². The third kappa shape index (κ3) is 5.50. The van der Waals surface area contributed by atoms with Gasteiger partial charge in [-0.3, -0.25) is 14.9 Å². The number of amides is 2. The number of nitrogens with zero attached hydrogens (tertiary/aromatic N) is 1. The predicted octanol–water partition coefficient (Wildman–Crippen LogP) is 4.75. The Morgan fingerprint density at radius 1 is 1.00 bits per heavy atom. The standard InChI is InChI=1S/C25H31ClN2O2/c1-24(2,28(3)16-13-19-9-11-21(26)12-10-19)14-15-25(20-7-5-4-6-8-20)17-22(29)27-23(30)18-25/h4-12H,13-18H2,1-3H3,(H,27,29,30). The first-order valence-electron chi connectivity index (χ1n) is 10.5. The molecule has 1 saturated heterocycles. The Morgan fingerprint density at radius 2 is 1.60 bits per heavy atom. The van der Waals surface area contributed by atoms with Gasteiger partial charge in [0, 0.05) is 35.4 Å². The van der Waals surface area contributed by atoms with Crippen molar-refractivity contribution in [2.75, 3.05) is 13.6 Å². The zero-order chi connectivity index (χ0) is 21.8. The third-order valence-electron chi connectivity index (χ3n) is 6.56. The van der Waals surface area contributed by atoms with Gasteiger partial charge in [0.1, 0.15) is 0 Å². The Labute approximate surface area is 184 Å². The summed E-state index contributed by atoms with van der Waals surface area (Å²) in [6.07, 6.45) is 3.33. The van der Waals surface area contributed by atoms with Gasteiger partial charge >= 0.3 is 0 Å². The van der Waals surface area contributed by atoms with Crippen LogP contribution >= 0.6 is 11.6 Å². The van der Waals surface area contributed by atoms with E-state index in [-0.39, 0.29) is 17.4 Å². The number of benzene rings is 2. The lowest BCUT2D eigenvalue weighted by molar-refractivity contribution is -0.136. The quantitative estimate of drug-likeness (QED) is 0.620. The maximum Gasteiger partial charge on any atom is 0.227 e. The lowest BCUT2D eigenvalue weighted by atomic mass is 9.68. The number of nitrogens with one attached hydrogen (secondary N) is 1. The van der Waals surface area contributed by atoms with E-state index in [2.05, 4.69) is 43.2 Å². The molecule has 0 aromatic heterocycles. The van der Waals surface area contributed by atoms with Crippen LogP contribution < -0.4 is 5.32 Å². The van der Waals surface area contributed by atoms with Gasteiger partial charge < -0.3 is 4.90 Å². The second kappa shape index (κ2) is 9.32. The smallest absolute Gasteiger partial charge is 0.227 e. The van der Waals surface area contributed by atoms with Crippen LogP contribution in [0, 0.1) is 0 Å².